The third kappa shape index (κ3) is 2.36. The zero-order valence-electron chi connectivity index (χ0n) is 12.8. The van der Waals surface area contributed by atoms with Crippen molar-refractivity contribution in [3.05, 3.63) is 41.3 Å². The number of pyridine rings is 2. The Balaban J connectivity index is 1.98. The number of hydrogen-bond donors (Lipinski definition) is 0. The Hall–Kier alpha value is -2.63. The first-order valence-corrected chi connectivity index (χ1v) is 6.99. The first-order valence-electron chi connectivity index (χ1n) is 6.99. The maximum absolute atomic E-state index is 12.2. The highest BCUT2D eigenvalue weighted by atomic mass is 16.5. The fourth-order valence-corrected chi connectivity index (χ4v) is 2.58. The van der Waals surface area contributed by atoms with Gasteiger partial charge in [-0.3, -0.25) is 14.7 Å². The van der Waals surface area contributed by atoms with Crippen molar-refractivity contribution in [3.8, 4) is 11.5 Å². The summed E-state index contributed by atoms with van der Waals surface area (Å²) in [5.74, 6) is 1.80. The summed E-state index contributed by atoms with van der Waals surface area (Å²) >= 11 is 0. The minimum absolute atomic E-state index is 0.0146. The number of carbonyl (C=O) groups excluding carboxylic acids is 1. The molecule has 0 bridgehead atoms. The number of fused-ring (bicyclic) bond motifs is 1. The van der Waals surface area contributed by atoms with Gasteiger partial charge in [0.15, 0.2) is 18.2 Å². The number of ether oxygens (including phenoxy) is 2. The Morgan fingerprint density at radius 1 is 1.36 bits per heavy atom. The third-order valence-corrected chi connectivity index (χ3v) is 3.72. The quantitative estimate of drug-likeness (QED) is 0.867. The van der Waals surface area contributed by atoms with E-state index in [9.17, 15) is 4.79 Å². The summed E-state index contributed by atoms with van der Waals surface area (Å²) in [5, 5.41) is 0. The average Bonchev–Trinajstić information content (AvgIpc) is 2.53. The lowest BCUT2D eigenvalue weighted by Gasteiger charge is -2.28. The molecule has 1 amide bonds. The number of aromatic nitrogens is 2. The first kappa shape index (κ1) is 14.3. The van der Waals surface area contributed by atoms with Crippen LogP contribution in [0.1, 0.15) is 16.8 Å². The second-order valence-corrected chi connectivity index (χ2v) is 5.14. The van der Waals surface area contributed by atoms with E-state index in [1.807, 2.05) is 13.8 Å². The molecular formula is C16H17N3O3. The Morgan fingerprint density at radius 2 is 2.18 bits per heavy atom. The number of hydrogen-bond acceptors (Lipinski definition) is 5. The zero-order chi connectivity index (χ0) is 15.7. The normalized spacial score (nSPS) is 13.6. The highest BCUT2D eigenvalue weighted by molar-refractivity contribution is 5.96. The van der Waals surface area contributed by atoms with Crippen LogP contribution >= 0.6 is 0 Å². The molecule has 1 aliphatic heterocycles. The van der Waals surface area contributed by atoms with Gasteiger partial charge in [0.05, 0.1) is 19.3 Å². The van der Waals surface area contributed by atoms with Crippen molar-refractivity contribution in [2.45, 2.75) is 20.4 Å². The van der Waals surface area contributed by atoms with Gasteiger partial charge in [-0.1, -0.05) is 0 Å². The summed E-state index contributed by atoms with van der Waals surface area (Å²) in [6, 6.07) is 3.59. The molecule has 22 heavy (non-hydrogen) atoms. The molecule has 0 saturated heterocycles. The summed E-state index contributed by atoms with van der Waals surface area (Å²) in [7, 11) is 1.63. The van der Waals surface area contributed by atoms with Crippen molar-refractivity contribution in [1.82, 2.24) is 9.97 Å². The van der Waals surface area contributed by atoms with E-state index in [4.69, 9.17) is 9.47 Å². The van der Waals surface area contributed by atoms with E-state index < -0.39 is 0 Å². The van der Waals surface area contributed by atoms with E-state index in [-0.39, 0.29) is 12.5 Å². The second kappa shape index (κ2) is 5.63. The van der Waals surface area contributed by atoms with Gasteiger partial charge in [0.1, 0.15) is 5.75 Å². The van der Waals surface area contributed by atoms with E-state index in [1.165, 1.54) is 0 Å². The van der Waals surface area contributed by atoms with Crippen LogP contribution in [0.2, 0.25) is 0 Å². The molecule has 0 aliphatic carbocycles. The molecule has 2 aromatic rings. The van der Waals surface area contributed by atoms with Crippen LogP contribution in [0.15, 0.2) is 24.5 Å². The molecule has 0 unspecified atom stereocenters. The summed E-state index contributed by atoms with van der Waals surface area (Å²) in [5.41, 5.74) is 2.68. The van der Waals surface area contributed by atoms with E-state index in [1.54, 1.807) is 36.5 Å². The molecule has 0 radical (unpaired) electrons. The summed E-state index contributed by atoms with van der Waals surface area (Å²) in [4.78, 5) is 22.5. The van der Waals surface area contributed by atoms with Gasteiger partial charge in [0.25, 0.3) is 5.91 Å². The molecule has 0 saturated carbocycles. The van der Waals surface area contributed by atoms with Gasteiger partial charge < -0.3 is 9.47 Å². The lowest BCUT2D eigenvalue weighted by Crippen LogP contribution is -2.39. The molecule has 0 fully saturated rings. The highest BCUT2D eigenvalue weighted by Gasteiger charge is 2.27. The van der Waals surface area contributed by atoms with Crippen LogP contribution in [-0.2, 0) is 11.3 Å². The van der Waals surface area contributed by atoms with Crippen LogP contribution in [0.5, 0.6) is 11.5 Å². The largest absolute Gasteiger partial charge is 0.496 e. The average molecular weight is 299 g/mol. The fourth-order valence-electron chi connectivity index (χ4n) is 2.58. The Kier molecular flexibility index (Phi) is 3.66. The maximum atomic E-state index is 12.2. The van der Waals surface area contributed by atoms with Crippen LogP contribution < -0.4 is 14.4 Å². The summed E-state index contributed by atoms with van der Waals surface area (Å²) in [6.07, 6.45) is 3.40. The number of rotatable bonds is 3. The molecule has 6 heteroatoms. The molecule has 0 aromatic carbocycles. The smallest absolute Gasteiger partial charge is 0.266 e. The second-order valence-electron chi connectivity index (χ2n) is 5.14. The molecular weight excluding hydrogens is 282 g/mol. The predicted octanol–water partition coefficient (Wildman–Crippen LogP) is 2.03. The number of amides is 1. The summed E-state index contributed by atoms with van der Waals surface area (Å²) < 4.78 is 10.8. The molecule has 3 rings (SSSR count). The van der Waals surface area contributed by atoms with Crippen molar-refractivity contribution in [2.75, 3.05) is 18.6 Å². The zero-order valence-corrected chi connectivity index (χ0v) is 12.8. The van der Waals surface area contributed by atoms with Crippen molar-refractivity contribution in [3.63, 3.8) is 0 Å². The Morgan fingerprint density at radius 3 is 2.95 bits per heavy atom. The standard InChI is InChI=1S/C16H17N3O3/c1-10-7-18-12(11(2)15(10)21-3)8-19-14(20)9-22-13-5-4-6-17-16(13)19/h4-7H,8-9H2,1-3H3. The number of methoxy groups -OCH3 is 1. The Bertz CT molecular complexity index is 731. The van der Waals surface area contributed by atoms with E-state index in [2.05, 4.69) is 9.97 Å². The molecule has 3 heterocycles. The number of carbonyl (C=O) groups is 1. The van der Waals surface area contributed by atoms with Gasteiger partial charge in [0.2, 0.25) is 0 Å². The van der Waals surface area contributed by atoms with Crippen LogP contribution in [0.25, 0.3) is 0 Å². The maximum Gasteiger partial charge on any atom is 0.266 e. The van der Waals surface area contributed by atoms with E-state index >= 15 is 0 Å². The minimum Gasteiger partial charge on any atom is -0.496 e. The third-order valence-electron chi connectivity index (χ3n) is 3.72. The molecule has 114 valence electrons. The molecule has 2 aromatic heterocycles. The van der Waals surface area contributed by atoms with Gasteiger partial charge in [-0.25, -0.2) is 4.98 Å². The van der Waals surface area contributed by atoms with Crippen molar-refractivity contribution in [1.29, 1.82) is 0 Å². The molecule has 6 nitrogen and oxygen atoms in total. The number of nitrogens with zero attached hydrogens (tertiary/aromatic N) is 3. The minimum atomic E-state index is -0.132. The summed E-state index contributed by atoms with van der Waals surface area (Å²) in [6.45, 7) is 4.24. The lowest BCUT2D eigenvalue weighted by atomic mass is 10.1. The molecule has 0 atom stereocenters. The van der Waals surface area contributed by atoms with Gasteiger partial charge in [-0.2, -0.15) is 0 Å². The molecule has 1 aliphatic rings. The predicted molar refractivity (Wildman–Crippen MR) is 81.2 cm³/mol. The SMILES string of the molecule is COc1c(C)cnc(CN2C(=O)COc3cccnc32)c1C. The van der Waals surface area contributed by atoms with Crippen LogP contribution in [0.4, 0.5) is 5.82 Å². The number of anilines is 1. The van der Waals surface area contributed by atoms with Crippen molar-refractivity contribution < 1.29 is 14.3 Å². The van der Waals surface area contributed by atoms with Gasteiger partial charge in [-0.15, -0.1) is 0 Å². The fraction of sp³-hybridized carbons (Fsp3) is 0.312. The topological polar surface area (TPSA) is 64.5 Å². The van der Waals surface area contributed by atoms with Gasteiger partial charge in [-0.05, 0) is 26.0 Å². The lowest BCUT2D eigenvalue weighted by molar-refractivity contribution is -0.121. The number of aryl methyl sites for hydroxylation is 1. The monoisotopic (exact) mass is 299 g/mol. The van der Waals surface area contributed by atoms with Crippen molar-refractivity contribution in [2.24, 2.45) is 0 Å². The van der Waals surface area contributed by atoms with E-state index in [0.717, 1.165) is 22.6 Å². The molecule has 0 N–H and O–H groups in total. The van der Waals surface area contributed by atoms with Crippen molar-refractivity contribution >= 4 is 11.7 Å². The van der Waals surface area contributed by atoms with Gasteiger partial charge >= 0.3 is 0 Å². The Labute approximate surface area is 128 Å². The van der Waals surface area contributed by atoms with Crippen LogP contribution in [0, 0.1) is 13.8 Å². The van der Waals surface area contributed by atoms with Gasteiger partial charge in [0, 0.05) is 23.5 Å². The molecule has 0 spiro atoms. The van der Waals surface area contributed by atoms with Crippen LogP contribution in [-0.4, -0.2) is 29.6 Å². The first-order chi connectivity index (χ1) is 10.6. The van der Waals surface area contributed by atoms with E-state index in [0.29, 0.717) is 18.1 Å². The van der Waals surface area contributed by atoms with Crippen LogP contribution in [0.3, 0.4) is 0 Å². The highest BCUT2D eigenvalue weighted by Crippen LogP contribution is 2.31.